The SMILES string of the molecule is C=CCc1ccc2c(c1)c1ccccc1n2-c1ccc2c(c1)c1c(-c3cccc(-c4nc(-c5ccccc5)nc(-c5ccccc5)n4)c3)cccc1n2-c1ccccc1. The molecule has 11 rings (SSSR count). The van der Waals surface area contributed by atoms with Crippen molar-refractivity contribution in [2.24, 2.45) is 0 Å². The molecule has 0 bridgehead atoms. The number of aromatic nitrogens is 5. The van der Waals surface area contributed by atoms with Crippen LogP contribution in [0.4, 0.5) is 0 Å². The average molecular weight is 756 g/mol. The van der Waals surface area contributed by atoms with Gasteiger partial charge in [0, 0.05) is 49.6 Å². The van der Waals surface area contributed by atoms with Gasteiger partial charge in [-0.3, -0.25) is 0 Å². The molecule has 0 aliphatic rings. The van der Waals surface area contributed by atoms with Crippen LogP contribution in [0.1, 0.15) is 5.56 Å². The second-order valence-corrected chi connectivity index (χ2v) is 14.9. The Balaban J connectivity index is 1.14. The summed E-state index contributed by atoms with van der Waals surface area (Å²) in [4.78, 5) is 15.1. The Bertz CT molecular complexity index is 3300. The molecule has 0 radical (unpaired) electrons. The first-order valence-electron chi connectivity index (χ1n) is 20.0. The van der Waals surface area contributed by atoms with Crippen LogP contribution in [0.15, 0.2) is 207 Å². The van der Waals surface area contributed by atoms with Crippen molar-refractivity contribution in [3.63, 3.8) is 0 Å². The number of benzene rings is 8. The molecule has 8 aromatic carbocycles. The highest BCUT2D eigenvalue weighted by molar-refractivity contribution is 6.17. The molecule has 0 spiro atoms. The highest BCUT2D eigenvalue weighted by Crippen LogP contribution is 2.41. The van der Waals surface area contributed by atoms with Gasteiger partial charge >= 0.3 is 0 Å². The maximum Gasteiger partial charge on any atom is 0.164 e. The molecule has 0 atom stereocenters. The molecular weight excluding hydrogens is 719 g/mol. The lowest BCUT2D eigenvalue weighted by Gasteiger charge is -2.11. The minimum absolute atomic E-state index is 0.628. The molecule has 59 heavy (non-hydrogen) atoms. The van der Waals surface area contributed by atoms with Gasteiger partial charge in [-0.2, -0.15) is 0 Å². The van der Waals surface area contributed by atoms with Gasteiger partial charge in [-0.15, -0.1) is 6.58 Å². The summed E-state index contributed by atoms with van der Waals surface area (Å²) in [7, 11) is 0. The summed E-state index contributed by atoms with van der Waals surface area (Å²) in [5.74, 6) is 1.91. The quantitative estimate of drug-likeness (QED) is 0.145. The van der Waals surface area contributed by atoms with E-state index in [0.717, 1.165) is 56.6 Å². The molecule has 278 valence electrons. The molecule has 3 aromatic heterocycles. The predicted octanol–water partition coefficient (Wildman–Crippen LogP) is 13.5. The van der Waals surface area contributed by atoms with Crippen molar-refractivity contribution in [1.82, 2.24) is 24.1 Å². The van der Waals surface area contributed by atoms with Crippen LogP contribution in [-0.2, 0) is 6.42 Å². The molecule has 0 unspecified atom stereocenters. The van der Waals surface area contributed by atoms with E-state index in [1.807, 2.05) is 66.7 Å². The van der Waals surface area contributed by atoms with Gasteiger partial charge in [-0.25, -0.2) is 15.0 Å². The Kier molecular flexibility index (Phi) is 8.30. The lowest BCUT2D eigenvalue weighted by Crippen LogP contribution is -2.00. The van der Waals surface area contributed by atoms with Gasteiger partial charge in [0.05, 0.1) is 22.1 Å². The number of hydrogen-bond acceptors (Lipinski definition) is 3. The Morgan fingerprint density at radius 1 is 0.390 bits per heavy atom. The molecule has 0 N–H and O–H groups in total. The van der Waals surface area contributed by atoms with Gasteiger partial charge in [0.1, 0.15) is 0 Å². The predicted molar refractivity (Wildman–Crippen MR) is 244 cm³/mol. The molecule has 3 heterocycles. The Morgan fingerprint density at radius 3 is 1.66 bits per heavy atom. The Labute approximate surface area is 341 Å². The third-order valence-corrected chi connectivity index (χ3v) is 11.3. The number of fused-ring (bicyclic) bond motifs is 6. The molecule has 0 fully saturated rings. The molecule has 0 saturated carbocycles. The lowest BCUT2D eigenvalue weighted by molar-refractivity contribution is 1.07. The normalized spacial score (nSPS) is 11.5. The molecule has 0 aliphatic heterocycles. The van der Waals surface area contributed by atoms with Crippen molar-refractivity contribution in [3.8, 4) is 56.7 Å². The molecule has 11 aromatic rings. The first-order valence-corrected chi connectivity index (χ1v) is 20.0. The van der Waals surface area contributed by atoms with Crippen molar-refractivity contribution in [2.75, 3.05) is 0 Å². The van der Waals surface area contributed by atoms with Gasteiger partial charge in [-0.1, -0.05) is 140 Å². The third-order valence-electron chi connectivity index (χ3n) is 11.3. The molecule has 0 saturated heterocycles. The van der Waals surface area contributed by atoms with Gasteiger partial charge in [0.2, 0.25) is 0 Å². The summed E-state index contributed by atoms with van der Waals surface area (Å²) in [6, 6.07) is 68.6. The second kappa shape index (κ2) is 14.2. The van der Waals surface area contributed by atoms with E-state index >= 15 is 0 Å². The van der Waals surface area contributed by atoms with Crippen LogP contribution >= 0.6 is 0 Å². The van der Waals surface area contributed by atoms with E-state index in [0.29, 0.717) is 17.5 Å². The standard InChI is InChI=1S/C54H37N5/c1-2-16-36-29-31-48-45(33-36)44-25-12-13-27-47(44)59(48)42-30-32-49-46(35-42)51-43(26-15-28-50(51)58(49)41-23-10-5-11-24-41)39-21-14-22-40(34-39)54-56-52(37-17-6-3-7-18-37)55-53(57-54)38-19-8-4-9-20-38/h2-15,17-35H,1,16H2. The molecule has 0 amide bonds. The van der Waals surface area contributed by atoms with Crippen molar-refractivity contribution in [3.05, 3.63) is 212 Å². The monoisotopic (exact) mass is 755 g/mol. The molecule has 0 aliphatic carbocycles. The summed E-state index contributed by atoms with van der Waals surface area (Å²) in [6.45, 7) is 3.99. The van der Waals surface area contributed by atoms with Gasteiger partial charge in [-0.05, 0) is 83.8 Å². The average Bonchev–Trinajstić information content (AvgIpc) is 3.82. The summed E-state index contributed by atoms with van der Waals surface area (Å²) in [6.07, 6.45) is 2.80. The van der Waals surface area contributed by atoms with Crippen molar-refractivity contribution in [2.45, 2.75) is 6.42 Å². The van der Waals surface area contributed by atoms with E-state index in [9.17, 15) is 0 Å². The van der Waals surface area contributed by atoms with Crippen molar-refractivity contribution < 1.29 is 0 Å². The summed E-state index contributed by atoms with van der Waals surface area (Å²) < 4.78 is 4.80. The van der Waals surface area contributed by atoms with Crippen LogP contribution in [0.3, 0.4) is 0 Å². The van der Waals surface area contributed by atoms with Crippen LogP contribution in [-0.4, -0.2) is 24.1 Å². The number of nitrogens with zero attached hydrogens (tertiary/aromatic N) is 5. The fraction of sp³-hybridized carbons (Fsp3) is 0.0185. The number of hydrogen-bond donors (Lipinski definition) is 0. The van der Waals surface area contributed by atoms with E-state index in [1.54, 1.807) is 0 Å². The summed E-state index contributed by atoms with van der Waals surface area (Å²) in [5, 5.41) is 4.84. The minimum atomic E-state index is 0.628. The van der Waals surface area contributed by atoms with Gasteiger partial charge < -0.3 is 9.13 Å². The van der Waals surface area contributed by atoms with Crippen LogP contribution in [0.5, 0.6) is 0 Å². The summed E-state index contributed by atoms with van der Waals surface area (Å²) >= 11 is 0. The number of allylic oxidation sites excluding steroid dienone is 1. The third kappa shape index (κ3) is 5.91. The maximum atomic E-state index is 5.06. The minimum Gasteiger partial charge on any atom is -0.309 e. The Morgan fingerprint density at radius 2 is 0.932 bits per heavy atom. The van der Waals surface area contributed by atoms with Crippen molar-refractivity contribution in [1.29, 1.82) is 0 Å². The molecular formula is C54H37N5. The zero-order valence-electron chi connectivity index (χ0n) is 32.2. The second-order valence-electron chi connectivity index (χ2n) is 14.9. The highest BCUT2D eigenvalue weighted by Gasteiger charge is 2.20. The number of rotatable bonds is 8. The fourth-order valence-electron chi connectivity index (χ4n) is 8.65. The van der Waals surface area contributed by atoms with Gasteiger partial charge in [0.25, 0.3) is 0 Å². The molecule has 5 heteroatoms. The van der Waals surface area contributed by atoms with E-state index in [1.165, 1.54) is 38.1 Å². The largest absolute Gasteiger partial charge is 0.309 e. The lowest BCUT2D eigenvalue weighted by atomic mass is 9.97. The maximum absolute atomic E-state index is 5.06. The van der Waals surface area contributed by atoms with Crippen LogP contribution < -0.4 is 0 Å². The zero-order chi connectivity index (χ0) is 39.3. The highest BCUT2D eigenvalue weighted by atomic mass is 15.0. The van der Waals surface area contributed by atoms with E-state index in [2.05, 4.69) is 149 Å². The number of para-hydroxylation sites is 2. The first-order chi connectivity index (χ1) is 29.2. The van der Waals surface area contributed by atoms with Crippen LogP contribution in [0.25, 0.3) is 100 Å². The first kappa shape index (κ1) is 34.4. The smallest absolute Gasteiger partial charge is 0.164 e. The van der Waals surface area contributed by atoms with Crippen LogP contribution in [0, 0.1) is 0 Å². The Hall–Kier alpha value is -7.89. The van der Waals surface area contributed by atoms with E-state index < -0.39 is 0 Å². The topological polar surface area (TPSA) is 48.5 Å². The van der Waals surface area contributed by atoms with Crippen molar-refractivity contribution >= 4 is 43.6 Å². The van der Waals surface area contributed by atoms with E-state index in [-0.39, 0.29) is 0 Å². The van der Waals surface area contributed by atoms with E-state index in [4.69, 9.17) is 15.0 Å². The zero-order valence-corrected chi connectivity index (χ0v) is 32.2. The van der Waals surface area contributed by atoms with Gasteiger partial charge in [0.15, 0.2) is 17.5 Å². The molecule has 5 nitrogen and oxygen atoms in total. The summed E-state index contributed by atoms with van der Waals surface area (Å²) in [5.41, 5.74) is 13.2. The fourth-order valence-corrected chi connectivity index (χ4v) is 8.65. The van der Waals surface area contributed by atoms with Crippen LogP contribution in [0.2, 0.25) is 0 Å².